The Morgan fingerprint density at radius 2 is 2.00 bits per heavy atom. The lowest BCUT2D eigenvalue weighted by Crippen LogP contribution is -2.54. The molecule has 0 spiro atoms. The minimum atomic E-state index is 0.165. The molecule has 2 atom stereocenters. The van der Waals surface area contributed by atoms with Gasteiger partial charge in [-0.3, -0.25) is 4.99 Å². The first-order valence-corrected chi connectivity index (χ1v) is 10.9. The fourth-order valence-electron chi connectivity index (χ4n) is 4.55. The molecule has 0 radical (unpaired) electrons. The molecule has 6 nitrogen and oxygen atoms in total. The Bertz CT molecular complexity index is 678. The van der Waals surface area contributed by atoms with Crippen LogP contribution in [0.25, 0.3) is 0 Å². The molecule has 0 aromatic heterocycles. The van der Waals surface area contributed by atoms with Gasteiger partial charge in [-0.1, -0.05) is 26.8 Å². The molecular weight excluding hydrogens is 364 g/mol. The van der Waals surface area contributed by atoms with Crippen molar-refractivity contribution in [1.29, 1.82) is 0 Å². The molecule has 0 saturated carbocycles. The SMILES string of the molecule is CN=C(NCC1CCCOC1C(C)(C)C)N1CCN(c2cccc(OC)c2)CC1. The van der Waals surface area contributed by atoms with Crippen molar-refractivity contribution in [3.63, 3.8) is 0 Å². The van der Waals surface area contributed by atoms with E-state index < -0.39 is 0 Å². The summed E-state index contributed by atoms with van der Waals surface area (Å²) in [6.07, 6.45) is 2.67. The number of hydrogen-bond donors (Lipinski definition) is 1. The van der Waals surface area contributed by atoms with Crippen LogP contribution in [0.5, 0.6) is 5.75 Å². The van der Waals surface area contributed by atoms with E-state index in [1.54, 1.807) is 7.11 Å². The molecule has 1 aromatic rings. The number of rotatable bonds is 4. The number of nitrogens with one attached hydrogen (secondary N) is 1. The van der Waals surface area contributed by atoms with E-state index in [0.717, 1.165) is 57.5 Å². The lowest BCUT2D eigenvalue weighted by Gasteiger charge is -2.41. The molecule has 0 aliphatic carbocycles. The highest BCUT2D eigenvalue weighted by Crippen LogP contribution is 2.33. The normalized spacial score (nSPS) is 23.8. The molecule has 2 saturated heterocycles. The summed E-state index contributed by atoms with van der Waals surface area (Å²) in [5.41, 5.74) is 1.39. The summed E-state index contributed by atoms with van der Waals surface area (Å²) in [7, 11) is 3.60. The Morgan fingerprint density at radius 3 is 2.66 bits per heavy atom. The number of anilines is 1. The van der Waals surface area contributed by atoms with E-state index in [9.17, 15) is 0 Å². The smallest absolute Gasteiger partial charge is 0.193 e. The molecule has 0 bridgehead atoms. The van der Waals surface area contributed by atoms with Crippen LogP contribution in [0.3, 0.4) is 0 Å². The molecule has 3 rings (SSSR count). The van der Waals surface area contributed by atoms with Gasteiger partial charge in [-0.15, -0.1) is 0 Å². The number of methoxy groups -OCH3 is 1. The summed E-state index contributed by atoms with van der Waals surface area (Å²) in [4.78, 5) is 9.34. The standard InChI is InChI=1S/C23H38N4O2/c1-23(2,3)21-18(8-7-15-29-21)17-25-22(24-4)27-13-11-26(12-14-27)19-9-6-10-20(16-19)28-5/h6,9-10,16,18,21H,7-8,11-15,17H2,1-5H3,(H,24,25). The maximum Gasteiger partial charge on any atom is 0.193 e. The number of piperazine rings is 1. The summed E-state index contributed by atoms with van der Waals surface area (Å²) in [6.45, 7) is 12.5. The zero-order valence-electron chi connectivity index (χ0n) is 18.8. The lowest BCUT2D eigenvalue weighted by atomic mass is 9.78. The van der Waals surface area contributed by atoms with Gasteiger partial charge in [0.25, 0.3) is 0 Å². The predicted octanol–water partition coefficient (Wildman–Crippen LogP) is 3.23. The molecule has 1 N–H and O–H groups in total. The van der Waals surface area contributed by atoms with E-state index >= 15 is 0 Å². The third-order valence-electron chi connectivity index (χ3n) is 6.03. The number of ether oxygens (including phenoxy) is 2. The highest BCUT2D eigenvalue weighted by atomic mass is 16.5. The van der Waals surface area contributed by atoms with Gasteiger partial charge in [0.1, 0.15) is 5.75 Å². The number of benzene rings is 1. The van der Waals surface area contributed by atoms with Crippen molar-refractivity contribution in [2.24, 2.45) is 16.3 Å². The minimum Gasteiger partial charge on any atom is -0.497 e. The zero-order valence-corrected chi connectivity index (χ0v) is 18.8. The second kappa shape index (κ2) is 9.70. The van der Waals surface area contributed by atoms with Crippen LogP contribution in [0, 0.1) is 11.3 Å². The maximum atomic E-state index is 6.14. The highest BCUT2D eigenvalue weighted by molar-refractivity contribution is 5.80. The Labute approximate surface area is 176 Å². The zero-order chi connectivity index (χ0) is 20.9. The van der Waals surface area contributed by atoms with Crippen LogP contribution in [-0.2, 0) is 4.74 Å². The molecule has 2 fully saturated rings. The van der Waals surface area contributed by atoms with Gasteiger partial charge in [0, 0.05) is 64.0 Å². The van der Waals surface area contributed by atoms with Crippen LogP contribution in [-0.4, -0.2) is 70.5 Å². The fraction of sp³-hybridized carbons (Fsp3) is 0.696. The van der Waals surface area contributed by atoms with Gasteiger partial charge >= 0.3 is 0 Å². The largest absolute Gasteiger partial charge is 0.497 e. The van der Waals surface area contributed by atoms with E-state index in [1.165, 1.54) is 12.1 Å². The van der Waals surface area contributed by atoms with Gasteiger partial charge in [-0.2, -0.15) is 0 Å². The van der Waals surface area contributed by atoms with Crippen molar-refractivity contribution in [3.05, 3.63) is 24.3 Å². The highest BCUT2D eigenvalue weighted by Gasteiger charge is 2.35. The van der Waals surface area contributed by atoms with Gasteiger partial charge in [0.05, 0.1) is 13.2 Å². The van der Waals surface area contributed by atoms with Crippen molar-refractivity contribution in [2.75, 3.05) is 58.4 Å². The first-order valence-electron chi connectivity index (χ1n) is 10.9. The molecule has 1 aromatic carbocycles. The van der Waals surface area contributed by atoms with Crippen molar-refractivity contribution >= 4 is 11.6 Å². The van der Waals surface area contributed by atoms with Gasteiger partial charge < -0.3 is 24.6 Å². The van der Waals surface area contributed by atoms with Crippen molar-refractivity contribution in [2.45, 2.75) is 39.7 Å². The Kier molecular flexibility index (Phi) is 7.28. The fourth-order valence-corrected chi connectivity index (χ4v) is 4.55. The average molecular weight is 403 g/mol. The quantitative estimate of drug-likeness (QED) is 0.619. The van der Waals surface area contributed by atoms with E-state index in [4.69, 9.17) is 9.47 Å². The summed E-state index contributed by atoms with van der Waals surface area (Å²) in [5.74, 6) is 2.44. The van der Waals surface area contributed by atoms with E-state index in [0.29, 0.717) is 12.0 Å². The molecular formula is C23H38N4O2. The minimum absolute atomic E-state index is 0.165. The second-order valence-electron chi connectivity index (χ2n) is 9.16. The molecule has 2 aliphatic rings. The van der Waals surface area contributed by atoms with Gasteiger partial charge in [-0.05, 0) is 30.4 Å². The van der Waals surface area contributed by atoms with E-state index in [-0.39, 0.29) is 5.41 Å². The van der Waals surface area contributed by atoms with Crippen molar-refractivity contribution < 1.29 is 9.47 Å². The molecule has 2 heterocycles. The van der Waals surface area contributed by atoms with Crippen LogP contribution in [0.4, 0.5) is 5.69 Å². The van der Waals surface area contributed by atoms with E-state index in [2.05, 4.69) is 59.1 Å². The first-order chi connectivity index (χ1) is 13.9. The lowest BCUT2D eigenvalue weighted by molar-refractivity contribution is -0.0836. The molecule has 0 amide bonds. The Morgan fingerprint density at radius 1 is 1.24 bits per heavy atom. The van der Waals surface area contributed by atoms with Gasteiger partial charge in [0.15, 0.2) is 5.96 Å². The summed E-state index contributed by atoms with van der Waals surface area (Å²) in [6, 6.07) is 8.31. The van der Waals surface area contributed by atoms with Crippen LogP contribution in [0.1, 0.15) is 33.6 Å². The van der Waals surface area contributed by atoms with Gasteiger partial charge in [0.2, 0.25) is 0 Å². The molecule has 2 unspecified atom stereocenters. The first kappa shape index (κ1) is 21.8. The maximum absolute atomic E-state index is 6.14. The van der Waals surface area contributed by atoms with Crippen LogP contribution in [0.15, 0.2) is 29.3 Å². The molecule has 162 valence electrons. The summed E-state index contributed by atoms with van der Waals surface area (Å²) in [5, 5.41) is 3.64. The number of aliphatic imine (C=N–C) groups is 1. The number of hydrogen-bond acceptors (Lipinski definition) is 4. The predicted molar refractivity (Wildman–Crippen MR) is 120 cm³/mol. The molecule has 29 heavy (non-hydrogen) atoms. The third kappa shape index (κ3) is 5.56. The monoisotopic (exact) mass is 402 g/mol. The van der Waals surface area contributed by atoms with Gasteiger partial charge in [-0.25, -0.2) is 0 Å². The Balaban J connectivity index is 1.53. The van der Waals surface area contributed by atoms with Crippen molar-refractivity contribution in [1.82, 2.24) is 10.2 Å². The summed E-state index contributed by atoms with van der Waals surface area (Å²) >= 11 is 0. The summed E-state index contributed by atoms with van der Waals surface area (Å²) < 4.78 is 11.5. The van der Waals surface area contributed by atoms with Crippen LogP contribution < -0.4 is 15.0 Å². The Hall–Kier alpha value is -1.95. The molecule has 2 aliphatic heterocycles. The third-order valence-corrected chi connectivity index (χ3v) is 6.03. The second-order valence-corrected chi connectivity index (χ2v) is 9.16. The number of guanidine groups is 1. The van der Waals surface area contributed by atoms with E-state index in [1.807, 2.05) is 13.1 Å². The molecule has 6 heteroatoms. The average Bonchev–Trinajstić information content (AvgIpc) is 2.74. The van der Waals surface area contributed by atoms with Crippen molar-refractivity contribution in [3.8, 4) is 5.75 Å². The van der Waals surface area contributed by atoms with Crippen LogP contribution in [0.2, 0.25) is 0 Å². The van der Waals surface area contributed by atoms with Crippen LogP contribution >= 0.6 is 0 Å². The number of nitrogens with zero attached hydrogens (tertiary/aromatic N) is 3. The topological polar surface area (TPSA) is 49.3 Å².